The van der Waals surface area contributed by atoms with Crippen molar-refractivity contribution in [3.63, 3.8) is 0 Å². The molecule has 2 unspecified atom stereocenters. The Morgan fingerprint density at radius 1 is 1.35 bits per heavy atom. The summed E-state index contributed by atoms with van der Waals surface area (Å²) < 4.78 is 5.18. The molecular weight excluding hydrogens is 222 g/mol. The molecular formula is C11H21N3O3. The van der Waals surface area contributed by atoms with E-state index in [4.69, 9.17) is 4.74 Å². The molecule has 0 spiro atoms. The van der Waals surface area contributed by atoms with Crippen molar-refractivity contribution in [1.29, 1.82) is 0 Å². The van der Waals surface area contributed by atoms with E-state index < -0.39 is 0 Å². The van der Waals surface area contributed by atoms with Gasteiger partial charge in [-0.15, -0.1) is 0 Å². The summed E-state index contributed by atoms with van der Waals surface area (Å²) in [6, 6.07) is -0.236. The summed E-state index contributed by atoms with van der Waals surface area (Å²) in [5.41, 5.74) is 0. The van der Waals surface area contributed by atoms with Crippen molar-refractivity contribution < 1.29 is 14.3 Å². The van der Waals surface area contributed by atoms with Gasteiger partial charge in [0, 0.05) is 34.8 Å². The first-order valence-electron chi connectivity index (χ1n) is 5.67. The minimum atomic E-state index is -0.236. The van der Waals surface area contributed by atoms with Gasteiger partial charge in [-0.2, -0.15) is 0 Å². The lowest BCUT2D eigenvalue weighted by atomic mass is 10.2. The van der Waals surface area contributed by atoms with Crippen LogP contribution in [-0.2, 0) is 14.3 Å². The number of nitrogens with zero attached hydrogens (tertiary/aromatic N) is 2. The highest BCUT2D eigenvalue weighted by Crippen LogP contribution is 2.11. The summed E-state index contributed by atoms with van der Waals surface area (Å²) in [4.78, 5) is 26.4. The van der Waals surface area contributed by atoms with Gasteiger partial charge in [-0.3, -0.25) is 9.59 Å². The van der Waals surface area contributed by atoms with Crippen LogP contribution in [0.1, 0.15) is 6.42 Å². The van der Waals surface area contributed by atoms with E-state index in [2.05, 4.69) is 5.32 Å². The molecule has 0 aromatic rings. The van der Waals surface area contributed by atoms with Crippen LogP contribution in [0.4, 0.5) is 0 Å². The molecule has 1 aliphatic rings. The van der Waals surface area contributed by atoms with Gasteiger partial charge in [-0.1, -0.05) is 0 Å². The molecule has 0 bridgehead atoms. The van der Waals surface area contributed by atoms with Crippen molar-refractivity contribution in [3.8, 4) is 0 Å². The lowest BCUT2D eigenvalue weighted by Gasteiger charge is -2.22. The van der Waals surface area contributed by atoms with E-state index in [0.717, 1.165) is 0 Å². The molecule has 6 nitrogen and oxygen atoms in total. The van der Waals surface area contributed by atoms with Crippen molar-refractivity contribution in [2.45, 2.75) is 18.6 Å². The highest BCUT2D eigenvalue weighted by molar-refractivity contribution is 5.87. The van der Waals surface area contributed by atoms with E-state index in [1.54, 1.807) is 28.3 Å². The van der Waals surface area contributed by atoms with E-state index in [-0.39, 0.29) is 30.5 Å². The predicted octanol–water partition coefficient (Wildman–Crippen LogP) is -1.09. The van der Waals surface area contributed by atoms with E-state index in [0.29, 0.717) is 13.0 Å². The van der Waals surface area contributed by atoms with E-state index in [1.165, 1.54) is 9.80 Å². The van der Waals surface area contributed by atoms with Crippen LogP contribution in [0.15, 0.2) is 0 Å². The van der Waals surface area contributed by atoms with Gasteiger partial charge in [0.05, 0.1) is 18.7 Å². The van der Waals surface area contributed by atoms with E-state index in [9.17, 15) is 9.59 Å². The summed E-state index contributed by atoms with van der Waals surface area (Å²) >= 11 is 0. The second-order valence-electron chi connectivity index (χ2n) is 4.54. The first-order valence-corrected chi connectivity index (χ1v) is 5.67. The van der Waals surface area contributed by atoms with Crippen molar-refractivity contribution in [3.05, 3.63) is 0 Å². The molecule has 0 radical (unpaired) electrons. The molecule has 0 aromatic carbocycles. The number of ether oxygens (including phenoxy) is 1. The quantitative estimate of drug-likeness (QED) is 0.681. The average Bonchev–Trinajstić information content (AvgIpc) is 2.76. The molecule has 1 saturated heterocycles. The minimum Gasteiger partial charge on any atom is -0.380 e. The molecule has 1 heterocycles. The van der Waals surface area contributed by atoms with Crippen molar-refractivity contribution in [2.24, 2.45) is 0 Å². The second-order valence-corrected chi connectivity index (χ2v) is 4.54. The van der Waals surface area contributed by atoms with Crippen LogP contribution in [0.5, 0.6) is 0 Å². The maximum Gasteiger partial charge on any atom is 0.241 e. The minimum absolute atomic E-state index is 0.0558. The number of hydrogen-bond acceptors (Lipinski definition) is 4. The van der Waals surface area contributed by atoms with Crippen LogP contribution in [-0.4, -0.2) is 75.1 Å². The standard InChI is InChI=1S/C11H21N3O3/c1-13(2)10(15)7-14(3)11(16)9-5-8(17-4)6-12-9/h8-9,12H,5-7H2,1-4H3. The van der Waals surface area contributed by atoms with Crippen molar-refractivity contribution in [2.75, 3.05) is 41.3 Å². The Labute approximate surface area is 102 Å². The third kappa shape index (κ3) is 3.67. The molecule has 2 amide bonds. The van der Waals surface area contributed by atoms with E-state index >= 15 is 0 Å². The molecule has 1 fully saturated rings. The number of carbonyl (C=O) groups is 2. The van der Waals surface area contributed by atoms with Gasteiger partial charge in [-0.05, 0) is 6.42 Å². The smallest absolute Gasteiger partial charge is 0.241 e. The van der Waals surface area contributed by atoms with Gasteiger partial charge >= 0.3 is 0 Å². The van der Waals surface area contributed by atoms with Crippen molar-refractivity contribution in [1.82, 2.24) is 15.1 Å². The lowest BCUT2D eigenvalue weighted by molar-refractivity contribution is -0.139. The summed E-state index contributed by atoms with van der Waals surface area (Å²) in [5, 5.41) is 3.10. The van der Waals surface area contributed by atoms with Gasteiger partial charge in [0.15, 0.2) is 0 Å². The molecule has 1 N–H and O–H groups in total. The third-order valence-corrected chi connectivity index (χ3v) is 2.97. The fourth-order valence-electron chi connectivity index (χ4n) is 1.76. The largest absolute Gasteiger partial charge is 0.380 e. The van der Waals surface area contributed by atoms with Crippen LogP contribution in [0.2, 0.25) is 0 Å². The highest BCUT2D eigenvalue weighted by Gasteiger charge is 2.31. The number of rotatable bonds is 4. The Bertz CT molecular complexity index is 294. The van der Waals surface area contributed by atoms with Gasteiger partial charge in [0.2, 0.25) is 11.8 Å². The maximum atomic E-state index is 12.0. The third-order valence-electron chi connectivity index (χ3n) is 2.97. The second kappa shape index (κ2) is 5.97. The first kappa shape index (κ1) is 13.9. The Balaban J connectivity index is 2.45. The Hall–Kier alpha value is -1.14. The first-order chi connectivity index (χ1) is 7.95. The lowest BCUT2D eigenvalue weighted by Crippen LogP contribution is -2.45. The number of nitrogens with one attached hydrogen (secondary N) is 1. The number of methoxy groups -OCH3 is 1. The SMILES string of the molecule is COC1CNC(C(=O)N(C)CC(=O)N(C)C)C1. The molecule has 0 saturated carbocycles. The van der Waals surface area contributed by atoms with Crippen LogP contribution in [0.25, 0.3) is 0 Å². The molecule has 0 aliphatic carbocycles. The zero-order chi connectivity index (χ0) is 13.0. The van der Waals surface area contributed by atoms with Gasteiger partial charge in [0.25, 0.3) is 0 Å². The molecule has 6 heteroatoms. The zero-order valence-electron chi connectivity index (χ0n) is 10.9. The number of likely N-dealkylation sites (N-methyl/N-ethyl adjacent to an activating group) is 2. The summed E-state index contributed by atoms with van der Waals surface area (Å²) in [7, 11) is 6.63. The van der Waals surface area contributed by atoms with Crippen LogP contribution in [0.3, 0.4) is 0 Å². The monoisotopic (exact) mass is 243 g/mol. The van der Waals surface area contributed by atoms with Gasteiger partial charge in [-0.25, -0.2) is 0 Å². The normalized spacial score (nSPS) is 23.5. The molecule has 98 valence electrons. The molecule has 1 aliphatic heterocycles. The van der Waals surface area contributed by atoms with Crippen LogP contribution in [0, 0.1) is 0 Å². The summed E-state index contributed by atoms with van der Waals surface area (Å²) in [6.45, 7) is 0.796. The fraction of sp³-hybridized carbons (Fsp3) is 0.818. The fourth-order valence-corrected chi connectivity index (χ4v) is 1.76. The Morgan fingerprint density at radius 2 is 2.00 bits per heavy atom. The topological polar surface area (TPSA) is 61.9 Å². The average molecular weight is 243 g/mol. The Kier molecular flexibility index (Phi) is 4.89. The molecule has 2 atom stereocenters. The van der Waals surface area contributed by atoms with Crippen LogP contribution < -0.4 is 5.32 Å². The maximum absolute atomic E-state index is 12.0. The highest BCUT2D eigenvalue weighted by atomic mass is 16.5. The zero-order valence-corrected chi connectivity index (χ0v) is 10.9. The van der Waals surface area contributed by atoms with E-state index in [1.807, 2.05) is 0 Å². The number of carbonyl (C=O) groups excluding carboxylic acids is 2. The summed E-state index contributed by atoms with van der Waals surface area (Å²) in [6.07, 6.45) is 0.748. The van der Waals surface area contributed by atoms with Crippen LogP contribution >= 0.6 is 0 Å². The van der Waals surface area contributed by atoms with Gasteiger partial charge < -0.3 is 19.9 Å². The predicted molar refractivity (Wildman–Crippen MR) is 63.5 cm³/mol. The Morgan fingerprint density at radius 3 is 2.47 bits per heavy atom. The summed E-state index contributed by atoms with van der Waals surface area (Å²) in [5.74, 6) is -0.137. The molecule has 17 heavy (non-hydrogen) atoms. The molecule has 1 rings (SSSR count). The number of amides is 2. The molecule has 0 aromatic heterocycles. The van der Waals surface area contributed by atoms with Crippen molar-refractivity contribution >= 4 is 11.8 Å². The van der Waals surface area contributed by atoms with Gasteiger partial charge in [0.1, 0.15) is 0 Å². The number of hydrogen-bond donors (Lipinski definition) is 1.